The van der Waals surface area contributed by atoms with Gasteiger partial charge in [0.25, 0.3) is 5.56 Å². The van der Waals surface area contributed by atoms with Crippen molar-refractivity contribution in [2.24, 2.45) is 0 Å². The van der Waals surface area contributed by atoms with Crippen LogP contribution in [0.3, 0.4) is 0 Å². The molecule has 0 radical (unpaired) electrons. The number of hydrogen-bond donors (Lipinski definition) is 2. The van der Waals surface area contributed by atoms with Gasteiger partial charge in [-0.05, 0) is 47.1 Å². The third-order valence-electron chi connectivity index (χ3n) is 3.43. The first kappa shape index (κ1) is 13.4. The second kappa shape index (κ2) is 5.43. The Balaban J connectivity index is 1.96. The van der Waals surface area contributed by atoms with Crippen molar-refractivity contribution in [2.75, 3.05) is 10.6 Å². The summed E-state index contributed by atoms with van der Waals surface area (Å²) in [6.07, 6.45) is 3.73. The Kier molecular flexibility index (Phi) is 3.64. The van der Waals surface area contributed by atoms with Gasteiger partial charge in [-0.1, -0.05) is 18.2 Å². The molecule has 0 saturated heterocycles. The third kappa shape index (κ3) is 2.65. The summed E-state index contributed by atoms with van der Waals surface area (Å²) in [4.78, 5) is 20.9. The number of H-pyrrole nitrogens is 1. The second-order valence-corrected chi connectivity index (χ2v) is 6.01. The minimum absolute atomic E-state index is 0.0951. The van der Waals surface area contributed by atoms with Crippen LogP contribution in [0, 0.1) is 3.57 Å². The molecule has 0 aliphatic heterocycles. The minimum atomic E-state index is -0.0951. The monoisotopic (exact) mass is 382 g/mol. The largest absolute Gasteiger partial charge is 0.398 e. The minimum Gasteiger partial charge on any atom is -0.398 e. The lowest BCUT2D eigenvalue weighted by molar-refractivity contribution is 0.771. The third-order valence-corrected chi connectivity index (χ3v) is 4.41. The highest BCUT2D eigenvalue weighted by Crippen LogP contribution is 2.33. The fourth-order valence-electron chi connectivity index (χ4n) is 2.20. The molecule has 1 aromatic carbocycles. The number of nitrogens with zero attached hydrogens (tertiary/aromatic N) is 2. The van der Waals surface area contributed by atoms with Crippen LogP contribution in [0.1, 0.15) is 18.4 Å². The van der Waals surface area contributed by atoms with Gasteiger partial charge in [0.15, 0.2) is 0 Å². The van der Waals surface area contributed by atoms with Crippen LogP contribution in [0.2, 0.25) is 0 Å². The van der Waals surface area contributed by atoms with Crippen molar-refractivity contribution in [1.29, 1.82) is 0 Å². The van der Waals surface area contributed by atoms with Gasteiger partial charge in [0.1, 0.15) is 9.39 Å². The van der Waals surface area contributed by atoms with Crippen LogP contribution in [0.4, 0.5) is 11.5 Å². The maximum atomic E-state index is 11.8. The lowest BCUT2D eigenvalue weighted by Crippen LogP contribution is -2.29. The Morgan fingerprint density at radius 2 is 2.15 bits per heavy atom. The molecule has 20 heavy (non-hydrogen) atoms. The first-order chi connectivity index (χ1) is 9.66. The molecule has 1 aliphatic carbocycles. The van der Waals surface area contributed by atoms with E-state index in [1.807, 2.05) is 24.3 Å². The highest BCUT2D eigenvalue weighted by molar-refractivity contribution is 14.1. The van der Waals surface area contributed by atoms with Crippen LogP contribution in [-0.4, -0.2) is 16.0 Å². The van der Waals surface area contributed by atoms with Gasteiger partial charge in [-0.25, -0.2) is 4.98 Å². The van der Waals surface area contributed by atoms with Gasteiger partial charge >= 0.3 is 0 Å². The first-order valence-electron chi connectivity index (χ1n) is 6.50. The molecule has 1 heterocycles. The zero-order valence-corrected chi connectivity index (χ0v) is 13.0. The molecule has 2 aromatic rings. The van der Waals surface area contributed by atoms with Crippen molar-refractivity contribution in [1.82, 2.24) is 9.97 Å². The first-order valence-corrected chi connectivity index (χ1v) is 7.58. The van der Waals surface area contributed by atoms with E-state index in [0.717, 1.165) is 29.9 Å². The van der Waals surface area contributed by atoms with Crippen molar-refractivity contribution >= 4 is 34.1 Å². The Morgan fingerprint density at radius 1 is 1.40 bits per heavy atom. The molecule has 1 aromatic heterocycles. The standard InChI is InChI=1S/C14H15IN4O/c15-12-13(17-8-18-14(12)20)19(10-5-6-10)7-9-3-1-2-4-11(9)16/h1-4,8,10H,5-7,16H2,(H,17,18,20). The number of nitrogens with two attached hydrogens (primary N) is 1. The number of rotatable bonds is 4. The lowest BCUT2D eigenvalue weighted by Gasteiger charge is -2.24. The molecule has 0 bridgehead atoms. The molecule has 0 spiro atoms. The quantitative estimate of drug-likeness (QED) is 0.628. The fraction of sp³-hybridized carbons (Fsp3) is 0.286. The molecule has 104 valence electrons. The molecule has 1 fully saturated rings. The topological polar surface area (TPSA) is 75.0 Å². The van der Waals surface area contributed by atoms with E-state index >= 15 is 0 Å². The average Bonchev–Trinajstić information content (AvgIpc) is 3.26. The fourth-order valence-corrected chi connectivity index (χ4v) is 2.80. The molecule has 1 aliphatic rings. The maximum absolute atomic E-state index is 11.8. The predicted molar refractivity (Wildman–Crippen MR) is 87.6 cm³/mol. The van der Waals surface area contributed by atoms with Crippen LogP contribution in [0.25, 0.3) is 0 Å². The molecule has 0 unspecified atom stereocenters. The molecular formula is C14H15IN4O. The maximum Gasteiger partial charge on any atom is 0.266 e. The zero-order valence-electron chi connectivity index (χ0n) is 10.8. The molecule has 6 heteroatoms. The van der Waals surface area contributed by atoms with Crippen LogP contribution < -0.4 is 16.2 Å². The summed E-state index contributed by atoms with van der Waals surface area (Å²) in [5.74, 6) is 0.750. The van der Waals surface area contributed by atoms with Crippen LogP contribution in [0.5, 0.6) is 0 Å². The summed E-state index contributed by atoms with van der Waals surface area (Å²) in [5, 5.41) is 0. The number of benzene rings is 1. The average molecular weight is 382 g/mol. The smallest absolute Gasteiger partial charge is 0.266 e. The zero-order chi connectivity index (χ0) is 14.1. The normalized spacial score (nSPS) is 14.2. The van der Waals surface area contributed by atoms with Crippen molar-refractivity contribution in [3.63, 3.8) is 0 Å². The van der Waals surface area contributed by atoms with Crippen LogP contribution in [-0.2, 0) is 6.54 Å². The van der Waals surface area contributed by atoms with Crippen molar-refractivity contribution in [3.05, 3.63) is 50.1 Å². The number of nitrogens with one attached hydrogen (secondary N) is 1. The predicted octanol–water partition coefficient (Wildman–Crippen LogP) is 2.13. The molecular weight excluding hydrogens is 367 g/mol. The van der Waals surface area contributed by atoms with Gasteiger partial charge in [0.2, 0.25) is 0 Å². The van der Waals surface area contributed by atoms with Crippen molar-refractivity contribution < 1.29 is 0 Å². The molecule has 0 amide bonds. The van der Waals surface area contributed by atoms with Gasteiger partial charge in [0.05, 0.1) is 6.33 Å². The molecule has 5 nitrogen and oxygen atoms in total. The summed E-state index contributed by atoms with van der Waals surface area (Å²) in [7, 11) is 0. The number of anilines is 2. The van der Waals surface area contributed by atoms with E-state index in [4.69, 9.17) is 5.73 Å². The highest BCUT2D eigenvalue weighted by Gasteiger charge is 2.32. The Morgan fingerprint density at radius 3 is 2.85 bits per heavy atom. The number of hydrogen-bond acceptors (Lipinski definition) is 4. The van der Waals surface area contributed by atoms with E-state index in [-0.39, 0.29) is 5.56 Å². The number of halogens is 1. The summed E-state index contributed by atoms with van der Waals surface area (Å²) in [6, 6.07) is 8.28. The molecule has 3 rings (SSSR count). The van der Waals surface area contributed by atoms with Crippen molar-refractivity contribution in [2.45, 2.75) is 25.4 Å². The molecule has 1 saturated carbocycles. The van der Waals surface area contributed by atoms with E-state index in [1.165, 1.54) is 6.33 Å². The molecule has 0 atom stereocenters. The summed E-state index contributed by atoms with van der Waals surface area (Å²) >= 11 is 2.05. The number of aromatic amines is 1. The van der Waals surface area contributed by atoms with Gasteiger partial charge < -0.3 is 15.6 Å². The van der Waals surface area contributed by atoms with E-state index in [2.05, 4.69) is 37.5 Å². The van der Waals surface area contributed by atoms with Gasteiger partial charge in [-0.15, -0.1) is 0 Å². The number of para-hydroxylation sites is 1. The van der Waals surface area contributed by atoms with Gasteiger partial charge in [-0.2, -0.15) is 0 Å². The highest BCUT2D eigenvalue weighted by atomic mass is 127. The summed E-state index contributed by atoms with van der Waals surface area (Å²) in [6.45, 7) is 0.684. The van der Waals surface area contributed by atoms with Crippen LogP contribution >= 0.6 is 22.6 Å². The summed E-state index contributed by atoms with van der Waals surface area (Å²) in [5.41, 5.74) is 7.77. The Hall–Kier alpha value is -1.57. The summed E-state index contributed by atoms with van der Waals surface area (Å²) < 4.78 is 0.631. The van der Waals surface area contributed by atoms with E-state index in [0.29, 0.717) is 16.2 Å². The number of aromatic nitrogens is 2. The van der Waals surface area contributed by atoms with E-state index < -0.39 is 0 Å². The second-order valence-electron chi connectivity index (χ2n) is 4.93. The Labute approximate surface area is 130 Å². The van der Waals surface area contributed by atoms with Gasteiger partial charge in [-0.3, -0.25) is 4.79 Å². The van der Waals surface area contributed by atoms with Crippen molar-refractivity contribution in [3.8, 4) is 0 Å². The lowest BCUT2D eigenvalue weighted by atomic mass is 10.1. The number of nitrogen functional groups attached to an aromatic ring is 1. The van der Waals surface area contributed by atoms with Crippen LogP contribution in [0.15, 0.2) is 35.4 Å². The molecule has 3 N–H and O–H groups in total. The van der Waals surface area contributed by atoms with E-state index in [1.54, 1.807) is 0 Å². The SMILES string of the molecule is Nc1ccccc1CN(c1nc[nH]c(=O)c1I)C1CC1. The Bertz CT molecular complexity index is 681. The van der Waals surface area contributed by atoms with Gasteiger partial charge in [0, 0.05) is 18.3 Å². The van der Waals surface area contributed by atoms with E-state index in [9.17, 15) is 4.79 Å².